The minimum Gasteiger partial charge on any atom is -0.495 e. The number of nitrogens with zero attached hydrogens (tertiary/aromatic N) is 1. The van der Waals surface area contributed by atoms with Crippen LogP contribution in [0, 0.1) is 11.3 Å². The summed E-state index contributed by atoms with van der Waals surface area (Å²) in [5.41, 5.74) is 6.45. The number of hydrogen-bond donors (Lipinski definition) is 3. The van der Waals surface area contributed by atoms with Crippen molar-refractivity contribution in [3.8, 4) is 11.8 Å². The predicted octanol–water partition coefficient (Wildman–Crippen LogP) is 0.325. The summed E-state index contributed by atoms with van der Waals surface area (Å²) < 4.78 is 5.11. The van der Waals surface area contributed by atoms with Gasteiger partial charge in [0.15, 0.2) is 0 Å². The molecule has 0 aliphatic rings. The number of rotatable bonds is 6. The summed E-state index contributed by atoms with van der Waals surface area (Å²) >= 11 is 0. The molecule has 0 bridgehead atoms. The van der Waals surface area contributed by atoms with Gasteiger partial charge in [0.05, 0.1) is 12.7 Å². The topological polar surface area (TPSA) is 100 Å². The van der Waals surface area contributed by atoms with E-state index in [1.54, 1.807) is 6.07 Å². The Labute approximate surface area is 106 Å². The average molecular weight is 248 g/mol. The van der Waals surface area contributed by atoms with Crippen LogP contribution in [0.25, 0.3) is 0 Å². The van der Waals surface area contributed by atoms with Crippen LogP contribution in [-0.2, 0) is 6.54 Å². The quantitative estimate of drug-likeness (QED) is 0.631. The average Bonchev–Trinajstić information content (AvgIpc) is 2.37. The standard InChI is InChI=1S/C12H16N4O2/c1-18-11-6-9(2-3-10(11)7-13)8-15-4-5-16-12(14)17/h2-3,6,15H,4-5,8H2,1H3,(H3,14,16,17). The first kappa shape index (κ1) is 13.8. The lowest BCUT2D eigenvalue weighted by Gasteiger charge is -2.08. The number of primary amides is 1. The van der Waals surface area contributed by atoms with Crippen molar-refractivity contribution >= 4 is 6.03 Å². The Morgan fingerprint density at radius 2 is 2.28 bits per heavy atom. The second-order valence-electron chi connectivity index (χ2n) is 3.61. The zero-order chi connectivity index (χ0) is 13.4. The van der Waals surface area contributed by atoms with Crippen LogP contribution < -0.4 is 21.1 Å². The molecule has 0 saturated heterocycles. The molecular weight excluding hydrogens is 232 g/mol. The van der Waals surface area contributed by atoms with Gasteiger partial charge in [-0.25, -0.2) is 4.79 Å². The van der Waals surface area contributed by atoms with Crippen molar-refractivity contribution in [1.29, 1.82) is 5.26 Å². The van der Waals surface area contributed by atoms with Crippen molar-refractivity contribution < 1.29 is 9.53 Å². The first-order chi connectivity index (χ1) is 8.67. The summed E-state index contributed by atoms with van der Waals surface area (Å²) in [6, 6.07) is 6.91. The molecule has 1 aromatic rings. The Morgan fingerprint density at radius 1 is 1.50 bits per heavy atom. The van der Waals surface area contributed by atoms with Gasteiger partial charge in [-0.1, -0.05) is 6.07 Å². The lowest BCUT2D eigenvalue weighted by molar-refractivity contribution is 0.249. The van der Waals surface area contributed by atoms with Gasteiger partial charge >= 0.3 is 6.03 Å². The first-order valence-corrected chi connectivity index (χ1v) is 5.48. The van der Waals surface area contributed by atoms with Crippen LogP contribution in [0.3, 0.4) is 0 Å². The molecule has 0 aromatic heterocycles. The molecule has 0 aliphatic carbocycles. The van der Waals surface area contributed by atoms with Crippen molar-refractivity contribution in [3.05, 3.63) is 29.3 Å². The fourth-order valence-electron chi connectivity index (χ4n) is 1.44. The number of benzene rings is 1. The van der Waals surface area contributed by atoms with E-state index in [-0.39, 0.29) is 0 Å². The van der Waals surface area contributed by atoms with Crippen molar-refractivity contribution in [2.24, 2.45) is 5.73 Å². The molecule has 6 nitrogen and oxygen atoms in total. The molecule has 0 heterocycles. The van der Waals surface area contributed by atoms with Gasteiger partial charge in [0.1, 0.15) is 11.8 Å². The third-order valence-electron chi connectivity index (χ3n) is 2.32. The largest absolute Gasteiger partial charge is 0.495 e. The van der Waals surface area contributed by atoms with Gasteiger partial charge < -0.3 is 21.1 Å². The fourth-order valence-corrected chi connectivity index (χ4v) is 1.44. The molecular formula is C12H16N4O2. The Morgan fingerprint density at radius 3 is 2.89 bits per heavy atom. The van der Waals surface area contributed by atoms with Crippen molar-refractivity contribution in [3.63, 3.8) is 0 Å². The molecule has 96 valence electrons. The molecule has 0 aliphatic heterocycles. The third-order valence-corrected chi connectivity index (χ3v) is 2.32. The molecule has 1 rings (SSSR count). The van der Waals surface area contributed by atoms with Crippen LogP contribution in [-0.4, -0.2) is 26.2 Å². The third kappa shape index (κ3) is 4.31. The maximum atomic E-state index is 10.4. The molecule has 4 N–H and O–H groups in total. The normalized spacial score (nSPS) is 9.56. The second kappa shape index (κ2) is 7.14. The number of ether oxygens (including phenoxy) is 1. The summed E-state index contributed by atoms with van der Waals surface area (Å²) in [7, 11) is 1.53. The Hall–Kier alpha value is -2.26. The van der Waals surface area contributed by atoms with Crippen LogP contribution in [0.15, 0.2) is 18.2 Å². The zero-order valence-electron chi connectivity index (χ0n) is 10.2. The van der Waals surface area contributed by atoms with Gasteiger partial charge in [0.25, 0.3) is 0 Å². The number of hydrogen-bond acceptors (Lipinski definition) is 4. The maximum absolute atomic E-state index is 10.4. The highest BCUT2D eigenvalue weighted by molar-refractivity contribution is 5.71. The maximum Gasteiger partial charge on any atom is 0.312 e. The van der Waals surface area contributed by atoms with E-state index in [1.807, 2.05) is 12.1 Å². The second-order valence-corrected chi connectivity index (χ2v) is 3.61. The zero-order valence-corrected chi connectivity index (χ0v) is 10.2. The van der Waals surface area contributed by atoms with Gasteiger partial charge in [0, 0.05) is 19.6 Å². The van der Waals surface area contributed by atoms with Crippen LogP contribution >= 0.6 is 0 Å². The molecule has 2 amide bonds. The van der Waals surface area contributed by atoms with Gasteiger partial charge in [-0.2, -0.15) is 5.26 Å². The van der Waals surface area contributed by atoms with Gasteiger partial charge in [-0.15, -0.1) is 0 Å². The van der Waals surface area contributed by atoms with E-state index in [1.165, 1.54) is 7.11 Å². The molecule has 18 heavy (non-hydrogen) atoms. The van der Waals surface area contributed by atoms with Crippen LogP contribution in [0.2, 0.25) is 0 Å². The molecule has 0 fully saturated rings. The van der Waals surface area contributed by atoms with Crippen molar-refractivity contribution in [2.75, 3.05) is 20.2 Å². The van der Waals surface area contributed by atoms with E-state index in [4.69, 9.17) is 15.7 Å². The summed E-state index contributed by atoms with van der Waals surface area (Å²) in [5.74, 6) is 0.562. The SMILES string of the molecule is COc1cc(CNCCNC(N)=O)ccc1C#N. The molecule has 0 spiro atoms. The lowest BCUT2D eigenvalue weighted by atomic mass is 10.1. The molecule has 0 radical (unpaired) electrons. The van der Waals surface area contributed by atoms with Crippen molar-refractivity contribution in [1.82, 2.24) is 10.6 Å². The van der Waals surface area contributed by atoms with Crippen LogP contribution in [0.5, 0.6) is 5.75 Å². The fraction of sp³-hybridized carbons (Fsp3) is 0.333. The number of amides is 2. The lowest BCUT2D eigenvalue weighted by Crippen LogP contribution is -2.35. The Balaban J connectivity index is 2.43. The van der Waals surface area contributed by atoms with Crippen LogP contribution in [0.1, 0.15) is 11.1 Å². The summed E-state index contributed by atoms with van der Waals surface area (Å²) in [6.07, 6.45) is 0. The highest BCUT2D eigenvalue weighted by atomic mass is 16.5. The summed E-state index contributed by atoms with van der Waals surface area (Å²) in [4.78, 5) is 10.4. The highest BCUT2D eigenvalue weighted by Crippen LogP contribution is 2.18. The van der Waals surface area contributed by atoms with Gasteiger partial charge in [-0.05, 0) is 17.7 Å². The van der Waals surface area contributed by atoms with E-state index < -0.39 is 6.03 Å². The molecule has 0 saturated carbocycles. The highest BCUT2D eigenvalue weighted by Gasteiger charge is 2.03. The summed E-state index contributed by atoms with van der Waals surface area (Å²) in [6.45, 7) is 1.72. The van der Waals surface area contributed by atoms with Crippen LogP contribution in [0.4, 0.5) is 4.79 Å². The van der Waals surface area contributed by atoms with E-state index in [0.717, 1.165) is 5.56 Å². The van der Waals surface area contributed by atoms with Gasteiger partial charge in [0.2, 0.25) is 0 Å². The number of methoxy groups -OCH3 is 1. The number of nitrogens with one attached hydrogen (secondary N) is 2. The molecule has 6 heteroatoms. The minimum atomic E-state index is -0.531. The van der Waals surface area contributed by atoms with E-state index in [0.29, 0.717) is 30.9 Å². The van der Waals surface area contributed by atoms with E-state index in [2.05, 4.69) is 16.7 Å². The number of nitriles is 1. The smallest absolute Gasteiger partial charge is 0.312 e. The first-order valence-electron chi connectivity index (χ1n) is 5.48. The van der Waals surface area contributed by atoms with Crippen molar-refractivity contribution in [2.45, 2.75) is 6.54 Å². The summed E-state index contributed by atoms with van der Waals surface area (Å²) in [5, 5.41) is 14.5. The van der Waals surface area contributed by atoms with E-state index in [9.17, 15) is 4.79 Å². The molecule has 0 atom stereocenters. The number of urea groups is 1. The Bertz CT molecular complexity index is 454. The minimum absolute atomic E-state index is 0.475. The molecule has 0 unspecified atom stereocenters. The number of nitrogens with two attached hydrogens (primary N) is 1. The van der Waals surface area contributed by atoms with Gasteiger partial charge in [-0.3, -0.25) is 0 Å². The van der Waals surface area contributed by atoms with E-state index >= 15 is 0 Å². The monoisotopic (exact) mass is 248 g/mol. The predicted molar refractivity (Wildman–Crippen MR) is 67.0 cm³/mol. The number of carbonyl (C=O) groups excluding carboxylic acids is 1. The molecule has 1 aromatic carbocycles. The number of carbonyl (C=O) groups is 1. The Kier molecular flexibility index (Phi) is 5.48.